The molecule has 0 bridgehead atoms. The molecule has 0 spiro atoms. The number of amides is 1. The van der Waals surface area contributed by atoms with Crippen molar-refractivity contribution >= 4 is 34.4 Å². The Morgan fingerprint density at radius 1 is 0.886 bits per heavy atom. The van der Waals surface area contributed by atoms with Crippen molar-refractivity contribution in [1.29, 1.82) is 0 Å². The summed E-state index contributed by atoms with van der Waals surface area (Å²) in [6.07, 6.45) is 8.46. The van der Waals surface area contributed by atoms with E-state index in [0.717, 1.165) is 58.0 Å². The van der Waals surface area contributed by atoms with Crippen LogP contribution in [-0.2, 0) is 0 Å². The highest BCUT2D eigenvalue weighted by Gasteiger charge is 2.24. The number of Topliss-reactive ketones (excluding diaryl/α,β-unsaturated/α-hetero) is 1. The monoisotopic (exact) mass is 489 g/mol. The Labute approximate surface area is 209 Å². The topological polar surface area (TPSA) is 72.3 Å². The van der Waals surface area contributed by atoms with E-state index in [2.05, 4.69) is 0 Å². The summed E-state index contributed by atoms with van der Waals surface area (Å²) in [5, 5.41) is 1.10. The summed E-state index contributed by atoms with van der Waals surface area (Å²) in [4.78, 5) is 46.3. The van der Waals surface area contributed by atoms with E-state index in [0.29, 0.717) is 27.2 Å². The lowest BCUT2D eigenvalue weighted by molar-refractivity contribution is 0.0724. The Kier molecular flexibility index (Phi) is 7.32. The van der Waals surface area contributed by atoms with Crippen molar-refractivity contribution in [1.82, 2.24) is 14.5 Å². The van der Waals surface area contributed by atoms with Crippen LogP contribution in [0.1, 0.15) is 78.1 Å². The van der Waals surface area contributed by atoms with E-state index >= 15 is 0 Å². The van der Waals surface area contributed by atoms with Gasteiger partial charge in [-0.2, -0.15) is 0 Å². The number of hydrogen-bond acceptors (Lipinski definition) is 5. The number of likely N-dealkylation sites (tertiary alicyclic amines) is 1. The summed E-state index contributed by atoms with van der Waals surface area (Å²) in [7, 11) is 0. The summed E-state index contributed by atoms with van der Waals surface area (Å²) in [5.74, 6) is 0.216. The molecule has 5 rings (SSSR count). The molecule has 1 saturated carbocycles. The Bertz CT molecular complexity index is 1280. The van der Waals surface area contributed by atoms with Crippen molar-refractivity contribution in [2.24, 2.45) is 0 Å². The van der Waals surface area contributed by atoms with E-state index < -0.39 is 0 Å². The third-order valence-corrected chi connectivity index (χ3v) is 8.08. The number of carbonyl (C=O) groups is 2. The van der Waals surface area contributed by atoms with Crippen LogP contribution in [0.4, 0.5) is 0 Å². The van der Waals surface area contributed by atoms with Gasteiger partial charge in [0.05, 0.1) is 16.7 Å². The largest absolute Gasteiger partial charge is 0.339 e. The first kappa shape index (κ1) is 23.8. The van der Waals surface area contributed by atoms with Crippen molar-refractivity contribution in [2.75, 3.05) is 18.8 Å². The van der Waals surface area contributed by atoms with E-state index in [-0.39, 0.29) is 29.0 Å². The number of piperidine rings is 1. The molecular weight excluding hydrogens is 458 g/mol. The molecule has 1 aromatic heterocycles. The summed E-state index contributed by atoms with van der Waals surface area (Å²) < 4.78 is 1.82. The molecule has 3 aromatic rings. The first-order valence-electron chi connectivity index (χ1n) is 12.7. The number of ketones is 1. The average molecular weight is 490 g/mol. The van der Waals surface area contributed by atoms with Gasteiger partial charge in [0.15, 0.2) is 10.9 Å². The summed E-state index contributed by atoms with van der Waals surface area (Å²) >= 11 is 1.32. The quantitative estimate of drug-likeness (QED) is 0.260. The van der Waals surface area contributed by atoms with Crippen molar-refractivity contribution < 1.29 is 9.59 Å². The second-order valence-electron chi connectivity index (χ2n) is 9.52. The smallest absolute Gasteiger partial charge is 0.262 e. The van der Waals surface area contributed by atoms with Crippen molar-refractivity contribution in [2.45, 2.75) is 62.6 Å². The average Bonchev–Trinajstić information content (AvgIpc) is 2.92. The molecule has 182 valence electrons. The lowest BCUT2D eigenvalue weighted by Gasteiger charge is -2.27. The molecule has 2 aromatic carbocycles. The number of hydrogen-bond donors (Lipinski definition) is 0. The third kappa shape index (κ3) is 5.20. The highest BCUT2D eigenvalue weighted by Crippen LogP contribution is 2.31. The fraction of sp³-hybridized carbons (Fsp3) is 0.429. The van der Waals surface area contributed by atoms with Gasteiger partial charge in [-0.3, -0.25) is 19.0 Å². The molecule has 2 heterocycles. The zero-order chi connectivity index (χ0) is 24.2. The minimum absolute atomic E-state index is 0.00156. The van der Waals surface area contributed by atoms with Crippen LogP contribution in [-0.4, -0.2) is 45.0 Å². The maximum absolute atomic E-state index is 13.7. The standard InChI is InChI=1S/C28H31N3O3S/c32-25(20-10-4-1-5-11-20)19-35-28-29-24-18-21(26(33)30-16-8-3-9-17-30)14-15-23(24)27(34)31(28)22-12-6-2-7-13-22/h1,4-5,10-11,14-15,18,22H,2-3,6-9,12-13,16-17,19H2. The molecule has 7 heteroatoms. The molecule has 1 aliphatic carbocycles. The maximum atomic E-state index is 13.7. The van der Waals surface area contributed by atoms with E-state index in [1.54, 1.807) is 18.2 Å². The SMILES string of the molecule is O=C(CSc1nc2cc(C(=O)N3CCCCC3)ccc2c(=O)n1C1CCCCC1)c1ccccc1. The van der Waals surface area contributed by atoms with Crippen LogP contribution in [0.5, 0.6) is 0 Å². The van der Waals surface area contributed by atoms with Crippen LogP contribution in [0.2, 0.25) is 0 Å². The predicted octanol–water partition coefficient (Wildman–Crippen LogP) is 5.50. The number of nitrogens with zero attached hydrogens (tertiary/aromatic N) is 3. The number of carbonyl (C=O) groups excluding carboxylic acids is 2. The van der Waals surface area contributed by atoms with Gasteiger partial charge in [0.25, 0.3) is 11.5 Å². The molecule has 1 amide bonds. The molecule has 1 aliphatic heterocycles. The first-order valence-corrected chi connectivity index (χ1v) is 13.7. The normalized spacial score (nSPS) is 17.0. The van der Waals surface area contributed by atoms with E-state index in [1.165, 1.54) is 18.2 Å². The van der Waals surface area contributed by atoms with Gasteiger partial charge in [-0.15, -0.1) is 0 Å². The molecule has 35 heavy (non-hydrogen) atoms. The molecule has 0 radical (unpaired) electrons. The minimum Gasteiger partial charge on any atom is -0.339 e. The number of aromatic nitrogens is 2. The van der Waals surface area contributed by atoms with Crippen molar-refractivity contribution in [3.05, 3.63) is 70.0 Å². The van der Waals surface area contributed by atoms with Crippen LogP contribution in [0, 0.1) is 0 Å². The molecular formula is C28H31N3O3S. The maximum Gasteiger partial charge on any atom is 0.262 e. The van der Waals surface area contributed by atoms with Crippen LogP contribution in [0.15, 0.2) is 58.5 Å². The van der Waals surface area contributed by atoms with E-state index in [4.69, 9.17) is 4.98 Å². The van der Waals surface area contributed by atoms with Crippen molar-refractivity contribution in [3.63, 3.8) is 0 Å². The molecule has 0 N–H and O–H groups in total. The first-order chi connectivity index (χ1) is 17.1. The van der Waals surface area contributed by atoms with Crippen LogP contribution < -0.4 is 5.56 Å². The summed E-state index contributed by atoms with van der Waals surface area (Å²) in [6, 6.07) is 14.6. The Hall–Kier alpha value is -2.93. The van der Waals surface area contributed by atoms with Crippen LogP contribution in [0.3, 0.4) is 0 Å². The van der Waals surface area contributed by atoms with Gasteiger partial charge in [0.1, 0.15) is 0 Å². The summed E-state index contributed by atoms with van der Waals surface area (Å²) in [5.41, 5.74) is 1.67. The number of rotatable bonds is 6. The molecule has 6 nitrogen and oxygen atoms in total. The van der Waals surface area contributed by atoms with Gasteiger partial charge >= 0.3 is 0 Å². The second kappa shape index (κ2) is 10.8. The predicted molar refractivity (Wildman–Crippen MR) is 139 cm³/mol. The lowest BCUT2D eigenvalue weighted by Crippen LogP contribution is -2.35. The highest BCUT2D eigenvalue weighted by molar-refractivity contribution is 7.99. The molecule has 2 aliphatic rings. The fourth-order valence-electron chi connectivity index (χ4n) is 5.19. The van der Waals surface area contributed by atoms with Crippen molar-refractivity contribution in [3.8, 4) is 0 Å². The minimum atomic E-state index is -0.0754. The third-order valence-electron chi connectivity index (χ3n) is 7.13. The zero-order valence-corrected chi connectivity index (χ0v) is 20.8. The number of thioether (sulfide) groups is 1. The van der Waals surface area contributed by atoms with Crippen LogP contribution in [0.25, 0.3) is 10.9 Å². The van der Waals surface area contributed by atoms with Gasteiger partial charge in [0, 0.05) is 30.3 Å². The van der Waals surface area contributed by atoms with E-state index in [1.807, 2.05) is 39.8 Å². The van der Waals surface area contributed by atoms with Gasteiger partial charge in [-0.25, -0.2) is 4.98 Å². The van der Waals surface area contributed by atoms with Gasteiger partial charge in [-0.05, 0) is 50.3 Å². The second-order valence-corrected chi connectivity index (χ2v) is 10.5. The number of fused-ring (bicyclic) bond motifs is 1. The lowest BCUT2D eigenvalue weighted by atomic mass is 9.95. The Balaban J connectivity index is 1.50. The summed E-state index contributed by atoms with van der Waals surface area (Å²) in [6.45, 7) is 1.55. The highest BCUT2D eigenvalue weighted by atomic mass is 32.2. The molecule has 1 saturated heterocycles. The Morgan fingerprint density at radius 2 is 1.60 bits per heavy atom. The zero-order valence-electron chi connectivity index (χ0n) is 19.9. The number of benzene rings is 2. The molecule has 0 unspecified atom stereocenters. The molecule has 2 fully saturated rings. The van der Waals surface area contributed by atoms with E-state index in [9.17, 15) is 14.4 Å². The molecule has 0 atom stereocenters. The van der Waals surface area contributed by atoms with Gasteiger partial charge in [0.2, 0.25) is 0 Å². The Morgan fingerprint density at radius 3 is 2.34 bits per heavy atom. The van der Waals surface area contributed by atoms with Gasteiger partial charge < -0.3 is 4.90 Å². The van der Waals surface area contributed by atoms with Gasteiger partial charge in [-0.1, -0.05) is 61.4 Å². The van der Waals surface area contributed by atoms with Crippen LogP contribution >= 0.6 is 11.8 Å². The fourth-order valence-corrected chi connectivity index (χ4v) is 6.15.